The van der Waals surface area contributed by atoms with Crippen LogP contribution in [0.4, 0.5) is 8.78 Å². The Balaban J connectivity index is 1.15. The Morgan fingerprint density at radius 1 is 1.11 bits per heavy atom. The van der Waals surface area contributed by atoms with Gasteiger partial charge in [0, 0.05) is 31.1 Å². The van der Waals surface area contributed by atoms with Crippen LogP contribution in [0.5, 0.6) is 0 Å². The zero-order valence-corrected chi connectivity index (χ0v) is 19.9. The highest BCUT2D eigenvalue weighted by molar-refractivity contribution is 5.93. The normalized spacial score (nSPS) is 18.1. The SMILES string of the molecule is Cc1ccc([C@@H]2Cn3nnc(C(=O)N4CCC(C(=O)NCc5cc(F)ccc5F)CC4)c3CO2)cc1. The van der Waals surface area contributed by atoms with E-state index in [1.807, 2.05) is 31.2 Å². The third-order valence-corrected chi connectivity index (χ3v) is 6.86. The molecule has 0 unspecified atom stereocenters. The van der Waals surface area contributed by atoms with E-state index < -0.39 is 11.6 Å². The lowest BCUT2D eigenvalue weighted by atomic mass is 9.95. The topological polar surface area (TPSA) is 89.4 Å². The van der Waals surface area contributed by atoms with Crippen molar-refractivity contribution in [2.75, 3.05) is 13.1 Å². The average Bonchev–Trinajstić information content (AvgIpc) is 3.32. The van der Waals surface area contributed by atoms with Crippen LogP contribution in [0, 0.1) is 24.5 Å². The van der Waals surface area contributed by atoms with Crippen molar-refractivity contribution in [2.45, 2.75) is 45.6 Å². The number of rotatable bonds is 5. The lowest BCUT2D eigenvalue weighted by Crippen LogP contribution is -2.43. The third-order valence-electron chi connectivity index (χ3n) is 6.86. The standard InChI is InChI=1S/C26H27F2N5O3/c1-16-2-4-17(5-3-16)23-14-33-22(15-36-23)24(30-31-33)26(35)32-10-8-18(9-11-32)25(34)29-13-19-12-20(27)6-7-21(19)28/h2-7,12,18,23H,8-11,13-15H2,1H3,(H,29,34)/t23-/m0/s1. The maximum absolute atomic E-state index is 13.8. The molecule has 188 valence electrons. The van der Waals surface area contributed by atoms with Crippen LogP contribution in [0.1, 0.15) is 51.8 Å². The molecule has 2 aliphatic heterocycles. The van der Waals surface area contributed by atoms with Crippen molar-refractivity contribution in [3.8, 4) is 0 Å². The first kappa shape index (κ1) is 24.1. The summed E-state index contributed by atoms with van der Waals surface area (Å²) >= 11 is 0. The quantitative estimate of drug-likeness (QED) is 0.587. The van der Waals surface area contributed by atoms with Gasteiger partial charge in [-0.3, -0.25) is 9.59 Å². The van der Waals surface area contributed by atoms with E-state index in [2.05, 4.69) is 15.6 Å². The number of ether oxygens (including phenoxy) is 1. The number of carbonyl (C=O) groups excluding carboxylic acids is 2. The van der Waals surface area contributed by atoms with Gasteiger partial charge in [0.1, 0.15) is 17.7 Å². The number of nitrogens with zero attached hydrogens (tertiary/aromatic N) is 4. The van der Waals surface area contributed by atoms with Gasteiger partial charge in [0.2, 0.25) is 5.91 Å². The Bertz CT molecular complexity index is 1270. The number of aryl methyl sites for hydroxylation is 1. The van der Waals surface area contributed by atoms with Crippen LogP contribution in [-0.4, -0.2) is 44.8 Å². The van der Waals surface area contributed by atoms with Gasteiger partial charge < -0.3 is 15.0 Å². The maximum atomic E-state index is 13.8. The number of hydrogen-bond acceptors (Lipinski definition) is 5. The van der Waals surface area contributed by atoms with Crippen LogP contribution in [0.25, 0.3) is 0 Å². The van der Waals surface area contributed by atoms with Crippen molar-refractivity contribution >= 4 is 11.8 Å². The third kappa shape index (κ3) is 4.99. The zero-order chi connectivity index (χ0) is 25.2. The minimum absolute atomic E-state index is 0.0857. The van der Waals surface area contributed by atoms with Gasteiger partial charge in [-0.2, -0.15) is 0 Å². The van der Waals surface area contributed by atoms with E-state index in [9.17, 15) is 18.4 Å². The molecule has 1 atom stereocenters. The molecular formula is C26H27F2N5O3. The number of carbonyl (C=O) groups is 2. The summed E-state index contributed by atoms with van der Waals surface area (Å²) in [4.78, 5) is 27.4. The van der Waals surface area contributed by atoms with Gasteiger partial charge in [0.05, 0.1) is 18.8 Å². The molecule has 3 aromatic rings. The fourth-order valence-electron chi connectivity index (χ4n) is 4.66. The molecule has 5 rings (SSSR count). The van der Waals surface area contributed by atoms with Crippen molar-refractivity contribution in [1.29, 1.82) is 0 Å². The minimum Gasteiger partial charge on any atom is -0.365 e. The van der Waals surface area contributed by atoms with Gasteiger partial charge >= 0.3 is 0 Å². The molecule has 0 bridgehead atoms. The Labute approximate surface area is 207 Å². The number of piperidine rings is 1. The minimum atomic E-state index is -0.566. The summed E-state index contributed by atoms with van der Waals surface area (Å²) in [5.41, 5.74) is 3.25. The van der Waals surface area contributed by atoms with Crippen LogP contribution in [0.15, 0.2) is 42.5 Å². The molecule has 10 heteroatoms. The Kier molecular flexibility index (Phi) is 6.77. The first-order valence-corrected chi connectivity index (χ1v) is 12.0. The Morgan fingerprint density at radius 2 is 1.86 bits per heavy atom. The van der Waals surface area contributed by atoms with Gasteiger partial charge in [0.25, 0.3) is 5.91 Å². The fourth-order valence-corrected chi connectivity index (χ4v) is 4.66. The van der Waals surface area contributed by atoms with Crippen molar-refractivity contribution in [3.05, 3.63) is 82.2 Å². The summed E-state index contributed by atoms with van der Waals surface area (Å²) in [5, 5.41) is 11.0. The number of fused-ring (bicyclic) bond motifs is 1. The molecule has 1 N–H and O–H groups in total. The Morgan fingerprint density at radius 3 is 2.61 bits per heavy atom. The maximum Gasteiger partial charge on any atom is 0.276 e. The lowest BCUT2D eigenvalue weighted by molar-refractivity contribution is -0.126. The molecule has 2 aromatic carbocycles. The average molecular weight is 496 g/mol. The molecule has 36 heavy (non-hydrogen) atoms. The van der Waals surface area contributed by atoms with Gasteiger partial charge in [-0.05, 0) is 43.5 Å². The lowest BCUT2D eigenvalue weighted by Gasteiger charge is -2.31. The van der Waals surface area contributed by atoms with Gasteiger partial charge in [-0.25, -0.2) is 13.5 Å². The molecule has 1 saturated heterocycles. The number of nitrogens with one attached hydrogen (secondary N) is 1. The van der Waals surface area contributed by atoms with E-state index in [-0.39, 0.29) is 48.2 Å². The van der Waals surface area contributed by atoms with E-state index in [0.717, 1.165) is 23.8 Å². The van der Waals surface area contributed by atoms with Crippen LogP contribution >= 0.6 is 0 Å². The second-order valence-electron chi connectivity index (χ2n) is 9.30. The molecule has 0 spiro atoms. The van der Waals surface area contributed by atoms with Gasteiger partial charge in [-0.15, -0.1) is 5.10 Å². The van der Waals surface area contributed by atoms with Gasteiger partial charge in [0.15, 0.2) is 5.69 Å². The molecular weight excluding hydrogens is 468 g/mol. The zero-order valence-electron chi connectivity index (χ0n) is 19.9. The number of likely N-dealkylation sites (tertiary alicyclic amines) is 1. The Hall–Kier alpha value is -3.66. The molecule has 0 saturated carbocycles. The van der Waals surface area contributed by atoms with Crippen molar-refractivity contribution in [2.24, 2.45) is 5.92 Å². The van der Waals surface area contributed by atoms with Gasteiger partial charge in [-0.1, -0.05) is 35.0 Å². The summed E-state index contributed by atoms with van der Waals surface area (Å²) in [5.74, 6) is -1.89. The highest BCUT2D eigenvalue weighted by Gasteiger charge is 2.33. The predicted molar refractivity (Wildman–Crippen MR) is 126 cm³/mol. The van der Waals surface area contributed by atoms with Crippen molar-refractivity contribution < 1.29 is 23.1 Å². The smallest absolute Gasteiger partial charge is 0.276 e. The predicted octanol–water partition coefficient (Wildman–Crippen LogP) is 3.30. The first-order chi connectivity index (χ1) is 17.4. The highest BCUT2D eigenvalue weighted by Crippen LogP contribution is 2.28. The number of hydrogen-bond donors (Lipinski definition) is 1. The number of benzene rings is 2. The molecule has 2 amide bonds. The monoisotopic (exact) mass is 495 g/mol. The molecule has 2 aliphatic rings. The number of halogens is 2. The number of aromatic nitrogens is 3. The highest BCUT2D eigenvalue weighted by atomic mass is 19.1. The van der Waals surface area contributed by atoms with E-state index in [1.165, 1.54) is 5.56 Å². The largest absolute Gasteiger partial charge is 0.365 e. The molecule has 0 radical (unpaired) electrons. The molecule has 1 aromatic heterocycles. The molecule has 3 heterocycles. The summed E-state index contributed by atoms with van der Waals surface area (Å²) < 4.78 is 34.9. The van der Waals surface area contributed by atoms with Crippen LogP contribution in [0.3, 0.4) is 0 Å². The van der Waals surface area contributed by atoms with Crippen LogP contribution in [-0.2, 0) is 29.2 Å². The second kappa shape index (κ2) is 10.1. The van der Waals surface area contributed by atoms with Crippen LogP contribution < -0.4 is 5.32 Å². The molecule has 8 nitrogen and oxygen atoms in total. The summed E-state index contributed by atoms with van der Waals surface area (Å²) in [6, 6.07) is 11.3. The van der Waals surface area contributed by atoms with Crippen molar-refractivity contribution in [3.63, 3.8) is 0 Å². The first-order valence-electron chi connectivity index (χ1n) is 12.0. The van der Waals surface area contributed by atoms with E-state index in [4.69, 9.17) is 4.74 Å². The molecule has 1 fully saturated rings. The summed E-state index contributed by atoms with van der Waals surface area (Å²) in [6.45, 7) is 3.45. The fraction of sp³-hybridized carbons (Fsp3) is 0.385. The van der Waals surface area contributed by atoms with E-state index in [0.29, 0.717) is 38.2 Å². The van der Waals surface area contributed by atoms with E-state index in [1.54, 1.807) is 9.58 Å². The van der Waals surface area contributed by atoms with Crippen molar-refractivity contribution in [1.82, 2.24) is 25.2 Å². The summed E-state index contributed by atoms with van der Waals surface area (Å²) in [6.07, 6.45) is 0.787. The molecule has 0 aliphatic carbocycles. The summed E-state index contributed by atoms with van der Waals surface area (Å²) in [7, 11) is 0. The second-order valence-corrected chi connectivity index (χ2v) is 9.30. The van der Waals surface area contributed by atoms with Crippen LogP contribution in [0.2, 0.25) is 0 Å². The number of amides is 2. The van der Waals surface area contributed by atoms with E-state index >= 15 is 0 Å².